The highest BCUT2D eigenvalue weighted by atomic mass is 16.5. The number of aliphatic hydroxyl groups is 1. The Kier molecular flexibility index (Phi) is 8.30. The number of ether oxygens (including phenoxy) is 3. The van der Waals surface area contributed by atoms with E-state index in [-0.39, 0.29) is 12.8 Å². The van der Waals surface area contributed by atoms with Gasteiger partial charge in [0.15, 0.2) is 11.5 Å². The lowest BCUT2D eigenvalue weighted by Crippen LogP contribution is -2.39. The van der Waals surface area contributed by atoms with E-state index in [0.717, 1.165) is 5.56 Å². The average molecular weight is 403 g/mol. The molecule has 29 heavy (non-hydrogen) atoms. The van der Waals surface area contributed by atoms with E-state index in [4.69, 9.17) is 19.9 Å². The van der Waals surface area contributed by atoms with E-state index in [1.54, 1.807) is 12.1 Å². The molecule has 3 atom stereocenters. The number of hydrogen-bond donors (Lipinski definition) is 3. The fourth-order valence-electron chi connectivity index (χ4n) is 3.35. The van der Waals surface area contributed by atoms with Crippen LogP contribution in [-0.4, -0.2) is 49.7 Å². The third-order valence-electron chi connectivity index (χ3n) is 4.94. The van der Waals surface area contributed by atoms with Crippen molar-refractivity contribution >= 4 is 5.97 Å². The number of aliphatic carboxylic acids is 1. The van der Waals surface area contributed by atoms with Gasteiger partial charge in [-0.25, -0.2) is 0 Å². The summed E-state index contributed by atoms with van der Waals surface area (Å²) in [4.78, 5) is 11.8. The molecule has 0 radical (unpaired) electrons. The molecule has 0 aliphatic carbocycles. The molecule has 2 rings (SSSR count). The Balaban J connectivity index is 2.15. The molecule has 0 bridgehead atoms. The van der Waals surface area contributed by atoms with Crippen LogP contribution in [0.3, 0.4) is 0 Å². The zero-order valence-electron chi connectivity index (χ0n) is 17.0. The zero-order chi connectivity index (χ0) is 21.4. The molecule has 2 aromatic rings. The molecule has 4 N–H and O–H groups in total. The molecule has 0 aliphatic rings. The Hall–Kier alpha value is -2.77. The Morgan fingerprint density at radius 2 is 1.62 bits per heavy atom. The monoisotopic (exact) mass is 403 g/mol. The number of carbonyl (C=O) groups is 1. The number of nitrogens with two attached hydrogens (primary N) is 1. The highest BCUT2D eigenvalue weighted by Crippen LogP contribution is 2.40. The first kappa shape index (κ1) is 22.5. The lowest BCUT2D eigenvalue weighted by Gasteiger charge is -2.23. The van der Waals surface area contributed by atoms with Gasteiger partial charge in [0.25, 0.3) is 0 Å². The van der Waals surface area contributed by atoms with Crippen LogP contribution in [0.5, 0.6) is 17.2 Å². The number of benzene rings is 2. The second kappa shape index (κ2) is 10.7. The van der Waals surface area contributed by atoms with Crippen LogP contribution in [0.15, 0.2) is 42.5 Å². The van der Waals surface area contributed by atoms with Gasteiger partial charge >= 0.3 is 5.97 Å². The summed E-state index contributed by atoms with van der Waals surface area (Å²) in [7, 11) is 4.49. The van der Waals surface area contributed by atoms with E-state index in [9.17, 15) is 15.0 Å². The van der Waals surface area contributed by atoms with Gasteiger partial charge < -0.3 is 30.2 Å². The Labute approximate surface area is 171 Å². The topological polar surface area (TPSA) is 111 Å². The maximum Gasteiger partial charge on any atom is 0.306 e. The van der Waals surface area contributed by atoms with Crippen molar-refractivity contribution in [2.24, 2.45) is 11.7 Å². The maximum atomic E-state index is 11.8. The predicted octanol–water partition coefficient (Wildman–Crippen LogP) is 2.28. The van der Waals surface area contributed by atoms with Crippen LogP contribution in [-0.2, 0) is 17.6 Å². The molecule has 0 aromatic heterocycles. The molecule has 0 amide bonds. The Morgan fingerprint density at radius 1 is 0.966 bits per heavy atom. The predicted molar refractivity (Wildman–Crippen MR) is 110 cm³/mol. The van der Waals surface area contributed by atoms with E-state index in [2.05, 4.69) is 0 Å². The van der Waals surface area contributed by atoms with E-state index < -0.39 is 24.0 Å². The molecule has 158 valence electrons. The summed E-state index contributed by atoms with van der Waals surface area (Å²) >= 11 is 0. The molecule has 7 heteroatoms. The Morgan fingerprint density at radius 3 is 2.17 bits per heavy atom. The molecule has 0 aliphatic heterocycles. The van der Waals surface area contributed by atoms with Crippen LogP contribution in [0.4, 0.5) is 0 Å². The third-order valence-corrected chi connectivity index (χ3v) is 4.94. The van der Waals surface area contributed by atoms with Crippen molar-refractivity contribution in [2.45, 2.75) is 31.4 Å². The van der Waals surface area contributed by atoms with Gasteiger partial charge in [-0.15, -0.1) is 0 Å². The molecule has 7 nitrogen and oxygen atoms in total. The van der Waals surface area contributed by atoms with Crippen LogP contribution in [0.2, 0.25) is 0 Å². The summed E-state index contributed by atoms with van der Waals surface area (Å²) < 4.78 is 16.1. The van der Waals surface area contributed by atoms with Crippen molar-refractivity contribution in [3.05, 3.63) is 53.6 Å². The van der Waals surface area contributed by atoms with Crippen molar-refractivity contribution in [1.82, 2.24) is 0 Å². The standard InChI is InChI=1S/C22H29NO6/c1-27-19-10-9-15(20(28-2)21(19)29-3)12-16(22(25)26)13-18(24)17(23)11-14-7-5-4-6-8-14/h4-10,16-18,24H,11-13,23H2,1-3H3,(H,25,26)/t16-,17+,18+/m1/s1. The number of carboxylic acids is 1. The number of methoxy groups -OCH3 is 3. The van der Waals surface area contributed by atoms with Gasteiger partial charge in [0, 0.05) is 6.04 Å². The second-order valence-corrected chi connectivity index (χ2v) is 6.89. The van der Waals surface area contributed by atoms with Crippen LogP contribution in [0, 0.1) is 5.92 Å². The summed E-state index contributed by atoms with van der Waals surface area (Å²) in [6, 6.07) is 12.4. The Bertz CT molecular complexity index is 795. The molecular formula is C22H29NO6. The largest absolute Gasteiger partial charge is 0.493 e. The summed E-state index contributed by atoms with van der Waals surface area (Å²) in [6.45, 7) is 0. The van der Waals surface area contributed by atoms with Gasteiger partial charge in [0.2, 0.25) is 5.75 Å². The molecule has 0 unspecified atom stereocenters. The highest BCUT2D eigenvalue weighted by Gasteiger charge is 2.28. The number of rotatable bonds is 11. The first-order valence-corrected chi connectivity index (χ1v) is 9.39. The molecule has 2 aromatic carbocycles. The maximum absolute atomic E-state index is 11.8. The third kappa shape index (κ3) is 5.85. The van der Waals surface area contributed by atoms with Crippen LogP contribution < -0.4 is 19.9 Å². The molecule has 0 heterocycles. The minimum Gasteiger partial charge on any atom is -0.493 e. The van der Waals surface area contributed by atoms with E-state index in [1.165, 1.54) is 21.3 Å². The summed E-state index contributed by atoms with van der Waals surface area (Å²) in [6.07, 6.45) is -0.300. The SMILES string of the molecule is COc1ccc(C[C@H](C[C@H](O)[C@@H](N)Cc2ccccc2)C(=O)O)c(OC)c1OC. The van der Waals surface area contributed by atoms with Crippen molar-refractivity contribution < 1.29 is 29.2 Å². The fourth-order valence-corrected chi connectivity index (χ4v) is 3.35. The van der Waals surface area contributed by atoms with Gasteiger partial charge in [-0.1, -0.05) is 36.4 Å². The first-order chi connectivity index (χ1) is 13.9. The van der Waals surface area contributed by atoms with Gasteiger partial charge in [0.1, 0.15) is 0 Å². The van der Waals surface area contributed by atoms with Crippen LogP contribution >= 0.6 is 0 Å². The fraction of sp³-hybridized carbons (Fsp3) is 0.409. The van der Waals surface area contributed by atoms with Gasteiger partial charge in [-0.05, 0) is 36.5 Å². The van der Waals surface area contributed by atoms with Crippen LogP contribution in [0.25, 0.3) is 0 Å². The number of hydrogen-bond acceptors (Lipinski definition) is 6. The lowest BCUT2D eigenvalue weighted by atomic mass is 9.89. The summed E-state index contributed by atoms with van der Waals surface area (Å²) in [5, 5.41) is 20.2. The van der Waals surface area contributed by atoms with Gasteiger partial charge in [-0.2, -0.15) is 0 Å². The molecular weight excluding hydrogens is 374 g/mol. The van der Waals surface area contributed by atoms with Gasteiger partial charge in [-0.3, -0.25) is 4.79 Å². The van der Waals surface area contributed by atoms with E-state index in [0.29, 0.717) is 29.2 Å². The smallest absolute Gasteiger partial charge is 0.306 e. The summed E-state index contributed by atoms with van der Waals surface area (Å²) in [5.74, 6) is -0.532. The average Bonchev–Trinajstić information content (AvgIpc) is 2.73. The first-order valence-electron chi connectivity index (χ1n) is 9.39. The van der Waals surface area contributed by atoms with Crippen molar-refractivity contribution in [3.8, 4) is 17.2 Å². The van der Waals surface area contributed by atoms with Crippen molar-refractivity contribution in [2.75, 3.05) is 21.3 Å². The minimum atomic E-state index is -1.01. The normalized spacial score (nSPS) is 14.0. The lowest BCUT2D eigenvalue weighted by molar-refractivity contribution is -0.142. The highest BCUT2D eigenvalue weighted by molar-refractivity contribution is 5.71. The second-order valence-electron chi connectivity index (χ2n) is 6.89. The van der Waals surface area contributed by atoms with E-state index in [1.807, 2.05) is 30.3 Å². The van der Waals surface area contributed by atoms with Crippen molar-refractivity contribution in [1.29, 1.82) is 0 Å². The molecule has 0 saturated carbocycles. The molecule has 0 fully saturated rings. The zero-order valence-corrected chi connectivity index (χ0v) is 17.0. The van der Waals surface area contributed by atoms with E-state index >= 15 is 0 Å². The van der Waals surface area contributed by atoms with Gasteiger partial charge in [0.05, 0.1) is 33.4 Å². The quantitative estimate of drug-likeness (QED) is 0.528. The summed E-state index contributed by atoms with van der Waals surface area (Å²) in [5.41, 5.74) is 7.77. The molecule has 0 spiro atoms. The van der Waals surface area contributed by atoms with Crippen LogP contribution in [0.1, 0.15) is 17.5 Å². The number of aliphatic hydroxyl groups excluding tert-OH is 1. The minimum absolute atomic E-state index is 0.0286. The number of carboxylic acid groups (broad SMARTS) is 1. The molecule has 0 saturated heterocycles. The van der Waals surface area contributed by atoms with Crippen molar-refractivity contribution in [3.63, 3.8) is 0 Å².